The Morgan fingerprint density at radius 1 is 1.33 bits per heavy atom. The van der Waals surface area contributed by atoms with Crippen LogP contribution in [-0.4, -0.2) is 29.6 Å². The van der Waals surface area contributed by atoms with Crippen molar-refractivity contribution in [2.75, 3.05) is 13.7 Å². The number of benzene rings is 1. The van der Waals surface area contributed by atoms with E-state index in [1.807, 2.05) is 24.3 Å². The maximum Gasteiger partial charge on any atom is 0.289 e. The van der Waals surface area contributed by atoms with Gasteiger partial charge in [0.05, 0.1) is 0 Å². The average Bonchev–Trinajstić information content (AvgIpc) is 2.92. The van der Waals surface area contributed by atoms with Crippen molar-refractivity contribution < 1.29 is 14.3 Å². The number of furan rings is 1. The van der Waals surface area contributed by atoms with Crippen LogP contribution in [0.4, 0.5) is 0 Å². The van der Waals surface area contributed by atoms with Crippen LogP contribution in [0.5, 0.6) is 0 Å². The first-order chi connectivity index (χ1) is 10.1. The summed E-state index contributed by atoms with van der Waals surface area (Å²) in [4.78, 5) is 13.7. The van der Waals surface area contributed by atoms with Gasteiger partial charge in [-0.15, -0.1) is 0 Å². The van der Waals surface area contributed by atoms with Crippen LogP contribution in [0.25, 0.3) is 0 Å². The van der Waals surface area contributed by atoms with E-state index in [0.29, 0.717) is 6.54 Å². The predicted molar refractivity (Wildman–Crippen MR) is 79.9 cm³/mol. The summed E-state index contributed by atoms with van der Waals surface area (Å²) in [5.41, 5.74) is 1.68. The van der Waals surface area contributed by atoms with E-state index in [0.717, 1.165) is 11.1 Å². The number of carbonyl (C=O) groups excluding carboxylic acids is 1. The lowest BCUT2D eigenvalue weighted by atomic mass is 10.1. The maximum atomic E-state index is 12.2. The van der Waals surface area contributed by atoms with Crippen LogP contribution in [0.15, 0.2) is 40.8 Å². The number of hydrogen-bond donors (Lipinski definition) is 1. The Bertz CT molecular complexity index is 697. The molecule has 0 aliphatic heterocycles. The molecule has 0 bridgehead atoms. The van der Waals surface area contributed by atoms with E-state index in [2.05, 4.69) is 11.8 Å². The highest BCUT2D eigenvalue weighted by atomic mass is 35.5. The second-order valence-corrected chi connectivity index (χ2v) is 4.75. The van der Waals surface area contributed by atoms with Gasteiger partial charge in [0.1, 0.15) is 6.61 Å². The minimum absolute atomic E-state index is 0.181. The molecule has 1 N–H and O–H groups in total. The van der Waals surface area contributed by atoms with Gasteiger partial charge in [0, 0.05) is 19.2 Å². The van der Waals surface area contributed by atoms with Gasteiger partial charge in [-0.1, -0.05) is 30.0 Å². The first-order valence-electron chi connectivity index (χ1n) is 6.30. The molecule has 0 radical (unpaired) electrons. The van der Waals surface area contributed by atoms with Crippen molar-refractivity contribution in [3.63, 3.8) is 0 Å². The molecular weight excluding hydrogens is 290 g/mol. The lowest BCUT2D eigenvalue weighted by molar-refractivity contribution is 0.0753. The van der Waals surface area contributed by atoms with Gasteiger partial charge in [-0.25, -0.2) is 0 Å². The molecule has 0 spiro atoms. The molecular formula is C16H14ClNO3. The average molecular weight is 304 g/mol. The fraction of sp³-hybridized carbons (Fsp3) is 0.188. The summed E-state index contributed by atoms with van der Waals surface area (Å²) < 4.78 is 5.11. The molecule has 1 aromatic heterocycles. The molecule has 0 aliphatic rings. The van der Waals surface area contributed by atoms with Gasteiger partial charge in [-0.3, -0.25) is 4.79 Å². The van der Waals surface area contributed by atoms with Crippen LogP contribution in [-0.2, 0) is 6.54 Å². The number of aliphatic hydroxyl groups is 1. The van der Waals surface area contributed by atoms with Crippen molar-refractivity contribution >= 4 is 17.5 Å². The smallest absolute Gasteiger partial charge is 0.289 e. The van der Waals surface area contributed by atoms with Gasteiger partial charge >= 0.3 is 0 Å². The van der Waals surface area contributed by atoms with Gasteiger partial charge in [0.15, 0.2) is 11.0 Å². The largest absolute Gasteiger partial charge is 0.440 e. The molecule has 0 atom stereocenters. The molecule has 21 heavy (non-hydrogen) atoms. The standard InChI is InChI=1S/C16H14ClNO3/c1-18(16(20)14-8-9-15(17)21-14)11-13-6-3-2-5-12(13)7-4-10-19/h2-3,5-6,8-9,19H,10-11H2,1H3. The van der Waals surface area contributed by atoms with Crippen molar-refractivity contribution in [3.05, 3.63) is 58.5 Å². The zero-order chi connectivity index (χ0) is 15.2. The molecule has 5 heteroatoms. The van der Waals surface area contributed by atoms with E-state index in [9.17, 15) is 4.79 Å². The van der Waals surface area contributed by atoms with E-state index in [1.165, 1.54) is 11.0 Å². The summed E-state index contributed by atoms with van der Waals surface area (Å²) in [6.07, 6.45) is 0. The Morgan fingerprint density at radius 2 is 2.10 bits per heavy atom. The number of amides is 1. The summed E-state index contributed by atoms with van der Waals surface area (Å²) >= 11 is 5.67. The van der Waals surface area contributed by atoms with Crippen molar-refractivity contribution in [1.29, 1.82) is 0 Å². The van der Waals surface area contributed by atoms with Gasteiger partial charge in [0.2, 0.25) is 0 Å². The van der Waals surface area contributed by atoms with E-state index in [1.54, 1.807) is 13.1 Å². The van der Waals surface area contributed by atoms with Gasteiger partial charge < -0.3 is 14.4 Å². The number of aliphatic hydroxyl groups excluding tert-OH is 1. The van der Waals surface area contributed by atoms with Crippen molar-refractivity contribution in [2.45, 2.75) is 6.54 Å². The van der Waals surface area contributed by atoms with Crippen LogP contribution in [0, 0.1) is 11.8 Å². The van der Waals surface area contributed by atoms with Crippen LogP contribution in [0.2, 0.25) is 5.22 Å². The van der Waals surface area contributed by atoms with E-state index in [-0.39, 0.29) is 23.5 Å². The molecule has 2 aromatic rings. The summed E-state index contributed by atoms with van der Waals surface area (Å²) in [7, 11) is 1.68. The first-order valence-corrected chi connectivity index (χ1v) is 6.68. The Hall–Kier alpha value is -2.22. The zero-order valence-electron chi connectivity index (χ0n) is 11.5. The van der Waals surface area contributed by atoms with E-state index >= 15 is 0 Å². The normalized spacial score (nSPS) is 9.86. The highest BCUT2D eigenvalue weighted by molar-refractivity contribution is 6.29. The second-order valence-electron chi connectivity index (χ2n) is 4.38. The lowest BCUT2D eigenvalue weighted by Crippen LogP contribution is -2.26. The van der Waals surface area contributed by atoms with Crippen LogP contribution >= 0.6 is 11.6 Å². The molecule has 2 rings (SSSR count). The van der Waals surface area contributed by atoms with Crippen molar-refractivity contribution in [2.24, 2.45) is 0 Å². The predicted octanol–water partition coefficient (Wildman–Crippen LogP) is 2.55. The van der Waals surface area contributed by atoms with Gasteiger partial charge in [0.25, 0.3) is 5.91 Å². The third-order valence-corrected chi connectivity index (χ3v) is 3.06. The maximum absolute atomic E-state index is 12.2. The third-order valence-electron chi connectivity index (χ3n) is 2.86. The van der Waals surface area contributed by atoms with Crippen LogP contribution < -0.4 is 0 Å². The van der Waals surface area contributed by atoms with Gasteiger partial charge in [-0.2, -0.15) is 0 Å². The quantitative estimate of drug-likeness (QED) is 0.887. The topological polar surface area (TPSA) is 53.7 Å². The Balaban J connectivity index is 2.16. The highest BCUT2D eigenvalue weighted by Crippen LogP contribution is 2.16. The van der Waals surface area contributed by atoms with Gasteiger partial charge in [-0.05, 0) is 35.4 Å². The molecule has 0 unspecified atom stereocenters. The second kappa shape index (κ2) is 6.98. The summed E-state index contributed by atoms with van der Waals surface area (Å²) in [6, 6.07) is 10.5. The van der Waals surface area contributed by atoms with Crippen LogP contribution in [0.1, 0.15) is 21.7 Å². The lowest BCUT2D eigenvalue weighted by Gasteiger charge is -2.16. The first kappa shape index (κ1) is 15.2. The SMILES string of the molecule is CN(Cc1ccccc1C#CCO)C(=O)c1ccc(Cl)o1. The molecule has 0 saturated carbocycles. The van der Waals surface area contributed by atoms with Crippen molar-refractivity contribution in [1.82, 2.24) is 4.90 Å². The molecule has 0 fully saturated rings. The number of carbonyl (C=O) groups is 1. The van der Waals surface area contributed by atoms with E-state index < -0.39 is 0 Å². The fourth-order valence-corrected chi connectivity index (χ4v) is 2.01. The van der Waals surface area contributed by atoms with Crippen molar-refractivity contribution in [3.8, 4) is 11.8 Å². The minimum Gasteiger partial charge on any atom is -0.440 e. The Labute approximate surface area is 127 Å². The molecule has 0 saturated heterocycles. The molecule has 1 aromatic carbocycles. The molecule has 1 amide bonds. The zero-order valence-corrected chi connectivity index (χ0v) is 12.2. The molecule has 4 nitrogen and oxygen atoms in total. The highest BCUT2D eigenvalue weighted by Gasteiger charge is 2.16. The Morgan fingerprint density at radius 3 is 2.76 bits per heavy atom. The van der Waals surface area contributed by atoms with Crippen LogP contribution in [0.3, 0.4) is 0 Å². The summed E-state index contributed by atoms with van der Waals surface area (Å²) in [6.45, 7) is 0.182. The summed E-state index contributed by atoms with van der Waals surface area (Å²) in [5.74, 6) is 5.42. The number of nitrogens with zero attached hydrogens (tertiary/aromatic N) is 1. The molecule has 108 valence electrons. The monoisotopic (exact) mass is 303 g/mol. The third kappa shape index (κ3) is 3.88. The molecule has 1 heterocycles. The minimum atomic E-state index is -0.258. The number of rotatable bonds is 3. The molecule has 0 aliphatic carbocycles. The number of hydrogen-bond acceptors (Lipinski definition) is 3. The summed E-state index contributed by atoms with van der Waals surface area (Å²) in [5, 5.41) is 8.96. The van der Waals surface area contributed by atoms with E-state index in [4.69, 9.17) is 21.1 Å². The Kier molecular flexibility index (Phi) is 5.04. The fourth-order valence-electron chi connectivity index (χ4n) is 1.86. The number of halogens is 1.